The van der Waals surface area contributed by atoms with Crippen molar-refractivity contribution in [3.05, 3.63) is 63.9 Å². The van der Waals surface area contributed by atoms with E-state index >= 15 is 0 Å². The monoisotopic (exact) mass is 337 g/mol. The molecule has 0 amide bonds. The van der Waals surface area contributed by atoms with Crippen molar-refractivity contribution in [2.45, 2.75) is 19.6 Å². The van der Waals surface area contributed by atoms with Gasteiger partial charge in [-0.05, 0) is 42.3 Å². The Balaban J connectivity index is 2.19. The van der Waals surface area contributed by atoms with Crippen LogP contribution in [0, 0.1) is 5.82 Å². The summed E-state index contributed by atoms with van der Waals surface area (Å²) in [5.41, 5.74) is 2.21. The van der Waals surface area contributed by atoms with E-state index in [9.17, 15) is 9.50 Å². The number of hydrogen-bond acceptors (Lipinski definition) is 2. The third kappa shape index (κ3) is 3.58. The molecule has 0 aromatic heterocycles. The molecule has 0 aliphatic carbocycles. The molecule has 2 aromatic rings. The minimum Gasteiger partial charge on any atom is -0.389 e. The number of aliphatic hydroxyl groups is 1. The highest BCUT2D eigenvalue weighted by Crippen LogP contribution is 2.24. The van der Waals surface area contributed by atoms with Crippen LogP contribution in [-0.2, 0) is 6.54 Å². The molecule has 106 valence electrons. The fourth-order valence-corrected chi connectivity index (χ4v) is 2.53. The molecule has 4 heteroatoms. The van der Waals surface area contributed by atoms with Gasteiger partial charge in [-0.2, -0.15) is 0 Å². The molecule has 0 aliphatic heterocycles. The van der Waals surface area contributed by atoms with Crippen LogP contribution in [-0.4, -0.2) is 12.2 Å². The maximum absolute atomic E-state index is 14.1. The van der Waals surface area contributed by atoms with Crippen molar-refractivity contribution < 1.29 is 9.50 Å². The van der Waals surface area contributed by atoms with E-state index in [0.717, 1.165) is 10.0 Å². The first kappa shape index (κ1) is 15.0. The Labute approximate surface area is 127 Å². The highest BCUT2D eigenvalue weighted by atomic mass is 79.9. The van der Waals surface area contributed by atoms with E-state index in [-0.39, 0.29) is 5.82 Å². The average molecular weight is 338 g/mol. The Bertz CT molecular complexity index is 601. The van der Waals surface area contributed by atoms with Crippen molar-refractivity contribution in [2.75, 3.05) is 11.9 Å². The molecule has 0 radical (unpaired) electrons. The lowest BCUT2D eigenvalue weighted by Crippen LogP contribution is -2.17. The molecule has 2 aromatic carbocycles. The van der Waals surface area contributed by atoms with Crippen molar-refractivity contribution in [1.82, 2.24) is 0 Å². The van der Waals surface area contributed by atoms with Gasteiger partial charge in [0.15, 0.2) is 0 Å². The van der Waals surface area contributed by atoms with Gasteiger partial charge in [0.2, 0.25) is 0 Å². The van der Waals surface area contributed by atoms with Crippen LogP contribution >= 0.6 is 15.9 Å². The van der Waals surface area contributed by atoms with E-state index in [2.05, 4.69) is 15.9 Å². The minimum absolute atomic E-state index is 0.319. The molecule has 0 fully saturated rings. The van der Waals surface area contributed by atoms with Gasteiger partial charge >= 0.3 is 0 Å². The number of aliphatic hydroxyl groups excluding tert-OH is 1. The number of rotatable bonds is 4. The minimum atomic E-state index is -0.658. The lowest BCUT2D eigenvalue weighted by molar-refractivity contribution is 0.199. The molecular weight excluding hydrogens is 321 g/mol. The van der Waals surface area contributed by atoms with E-state index in [4.69, 9.17) is 0 Å². The van der Waals surface area contributed by atoms with Crippen LogP contribution in [0.25, 0.3) is 0 Å². The number of halogens is 2. The van der Waals surface area contributed by atoms with Crippen LogP contribution in [0.5, 0.6) is 0 Å². The largest absolute Gasteiger partial charge is 0.389 e. The predicted octanol–water partition coefficient (Wildman–Crippen LogP) is 4.28. The molecule has 2 rings (SSSR count). The number of anilines is 1. The number of hydrogen-bond donors (Lipinski definition) is 1. The van der Waals surface area contributed by atoms with E-state index in [0.29, 0.717) is 17.8 Å². The zero-order chi connectivity index (χ0) is 14.7. The smallest absolute Gasteiger partial charge is 0.146 e. The normalized spacial score (nSPS) is 12.2. The lowest BCUT2D eigenvalue weighted by atomic mass is 10.1. The summed E-state index contributed by atoms with van der Waals surface area (Å²) in [7, 11) is 1.85. The molecule has 0 saturated heterocycles. The molecule has 0 aliphatic rings. The summed E-state index contributed by atoms with van der Waals surface area (Å²) < 4.78 is 15.1. The van der Waals surface area contributed by atoms with Crippen molar-refractivity contribution >= 4 is 21.6 Å². The second-order valence-corrected chi connectivity index (χ2v) is 5.79. The molecule has 1 N–H and O–H groups in total. The summed E-state index contributed by atoms with van der Waals surface area (Å²) in [4.78, 5) is 1.85. The second-order valence-electron chi connectivity index (χ2n) is 4.87. The van der Waals surface area contributed by atoms with Crippen molar-refractivity contribution in [1.29, 1.82) is 0 Å². The fourth-order valence-electron chi connectivity index (χ4n) is 2.09. The Morgan fingerprint density at radius 3 is 2.60 bits per heavy atom. The Hall–Kier alpha value is -1.39. The number of nitrogens with zero attached hydrogens (tertiary/aromatic N) is 1. The van der Waals surface area contributed by atoms with E-state index < -0.39 is 6.10 Å². The van der Waals surface area contributed by atoms with Crippen LogP contribution in [0.15, 0.2) is 46.9 Å². The first-order chi connectivity index (χ1) is 9.47. The zero-order valence-corrected chi connectivity index (χ0v) is 13.1. The van der Waals surface area contributed by atoms with Gasteiger partial charge in [0, 0.05) is 18.1 Å². The van der Waals surface area contributed by atoms with Crippen LogP contribution in [0.1, 0.15) is 24.2 Å². The maximum Gasteiger partial charge on any atom is 0.146 e. The standard InChI is InChI=1S/C16H17BrFNO/c1-11(20)13-6-7-16(15(18)9-13)19(2)10-12-4-3-5-14(17)8-12/h3-9,11,20H,10H2,1-2H3/t11-/m0/s1. The van der Waals surface area contributed by atoms with Gasteiger partial charge in [0.25, 0.3) is 0 Å². The van der Waals surface area contributed by atoms with E-state index in [1.54, 1.807) is 19.1 Å². The molecule has 0 spiro atoms. The summed E-state index contributed by atoms with van der Waals surface area (Å²) in [5, 5.41) is 9.46. The molecule has 2 nitrogen and oxygen atoms in total. The van der Waals surface area contributed by atoms with Crippen LogP contribution < -0.4 is 4.90 Å². The lowest BCUT2D eigenvalue weighted by Gasteiger charge is -2.21. The predicted molar refractivity (Wildman–Crippen MR) is 83.3 cm³/mol. The quantitative estimate of drug-likeness (QED) is 0.900. The molecule has 20 heavy (non-hydrogen) atoms. The van der Waals surface area contributed by atoms with Gasteiger partial charge < -0.3 is 10.0 Å². The van der Waals surface area contributed by atoms with Gasteiger partial charge in [-0.15, -0.1) is 0 Å². The summed E-state index contributed by atoms with van der Waals surface area (Å²) in [6.07, 6.45) is -0.658. The molecule has 0 bridgehead atoms. The SMILES string of the molecule is C[C@H](O)c1ccc(N(C)Cc2cccc(Br)c2)c(F)c1. The highest BCUT2D eigenvalue weighted by Gasteiger charge is 2.11. The Morgan fingerprint density at radius 1 is 1.25 bits per heavy atom. The second kappa shape index (κ2) is 6.37. The van der Waals surface area contributed by atoms with Gasteiger partial charge in [0.1, 0.15) is 5.82 Å². The molecule has 0 unspecified atom stereocenters. The first-order valence-corrected chi connectivity index (χ1v) is 7.20. The highest BCUT2D eigenvalue weighted by molar-refractivity contribution is 9.10. The van der Waals surface area contributed by atoms with Gasteiger partial charge in [-0.25, -0.2) is 4.39 Å². The van der Waals surface area contributed by atoms with Gasteiger partial charge in [-0.1, -0.05) is 34.1 Å². The first-order valence-electron chi connectivity index (χ1n) is 6.40. The summed E-state index contributed by atoms with van der Waals surface area (Å²) in [6, 6.07) is 12.8. The van der Waals surface area contributed by atoms with Crippen molar-refractivity contribution in [3.63, 3.8) is 0 Å². The number of benzene rings is 2. The van der Waals surface area contributed by atoms with Crippen molar-refractivity contribution in [2.24, 2.45) is 0 Å². The fraction of sp³-hybridized carbons (Fsp3) is 0.250. The zero-order valence-electron chi connectivity index (χ0n) is 11.5. The maximum atomic E-state index is 14.1. The molecule has 0 heterocycles. The molecule has 0 saturated carbocycles. The van der Waals surface area contributed by atoms with Crippen LogP contribution in [0.4, 0.5) is 10.1 Å². The molecular formula is C16H17BrFNO. The molecule has 1 atom stereocenters. The Morgan fingerprint density at radius 2 is 2.00 bits per heavy atom. The Kier molecular flexibility index (Phi) is 4.78. The third-order valence-corrected chi connectivity index (χ3v) is 3.67. The third-order valence-electron chi connectivity index (χ3n) is 3.17. The topological polar surface area (TPSA) is 23.5 Å². The van der Waals surface area contributed by atoms with E-state index in [1.165, 1.54) is 6.07 Å². The summed E-state index contributed by atoms with van der Waals surface area (Å²) in [5.74, 6) is -0.319. The van der Waals surface area contributed by atoms with Gasteiger partial charge in [-0.3, -0.25) is 0 Å². The van der Waals surface area contributed by atoms with Crippen LogP contribution in [0.3, 0.4) is 0 Å². The van der Waals surface area contributed by atoms with E-state index in [1.807, 2.05) is 36.2 Å². The summed E-state index contributed by atoms with van der Waals surface area (Å²) >= 11 is 3.43. The van der Waals surface area contributed by atoms with Gasteiger partial charge in [0.05, 0.1) is 11.8 Å². The average Bonchev–Trinajstić information content (AvgIpc) is 2.38. The van der Waals surface area contributed by atoms with Crippen molar-refractivity contribution in [3.8, 4) is 0 Å². The summed E-state index contributed by atoms with van der Waals surface area (Å²) in [6.45, 7) is 2.24. The van der Waals surface area contributed by atoms with Crippen LogP contribution in [0.2, 0.25) is 0 Å².